The van der Waals surface area contributed by atoms with E-state index in [0.717, 1.165) is 26.0 Å². The Hall–Kier alpha value is 7.40. The van der Waals surface area contributed by atoms with Crippen LogP contribution in [0.15, 0.2) is 52.1 Å². The molecule has 6 rings (SSSR count). The van der Waals surface area contributed by atoms with Crippen molar-refractivity contribution in [3.05, 3.63) is 0 Å². The Balaban J connectivity index is -0.000000597. The van der Waals surface area contributed by atoms with E-state index in [1.807, 2.05) is 0 Å². The molecular weight excluding hydrogens is 1420 g/mol. The molecule has 6 radical (unpaired) electrons. The smallest absolute Gasteiger partial charge is 0.0921 e. The first kappa shape index (κ1) is 59.7. The molecule has 240 valence electrons. The first-order valence-corrected chi connectivity index (χ1v) is 23.1. The maximum atomic E-state index is 4.86. The fourth-order valence-electron chi connectivity index (χ4n) is 1.62. The van der Waals surface area contributed by atoms with E-state index < -0.39 is 0 Å². The summed E-state index contributed by atoms with van der Waals surface area (Å²) >= 11 is 38.7. The normalized spacial score (nSPS) is 9.25. The summed E-state index contributed by atoms with van der Waals surface area (Å²) in [4.78, 5) is 0. The molecule has 0 fully saturated rings. The van der Waals surface area contributed by atoms with Crippen LogP contribution in [-0.4, -0.2) is 61.2 Å². The third-order valence-electron chi connectivity index (χ3n) is 2.90. The number of nitrogens with zero attached hydrogens (tertiary/aromatic N) is 12. The summed E-state index contributed by atoms with van der Waals surface area (Å²) in [5, 5.41) is 45.6. The van der Waals surface area contributed by atoms with E-state index in [-0.39, 0.29) is 196 Å². The zero-order valence-electron chi connectivity index (χ0n) is 22.2. The molecule has 6 aromatic heterocycles. The molecule has 0 bridgehead atoms. The third kappa shape index (κ3) is 25.1. The molecule has 0 atom stereocenters. The molecule has 0 aliphatic heterocycles. The van der Waals surface area contributed by atoms with Gasteiger partial charge in [-0.05, 0) is 79.0 Å². The molecule has 0 unspecified atom stereocenters. The maximum absolute atomic E-state index is 4.86. The average Bonchev–Trinajstić information content (AvgIpc) is 3.79. The summed E-state index contributed by atoms with van der Waals surface area (Å²) in [7, 11) is 7.49. The van der Waals surface area contributed by atoms with Crippen LogP contribution in [0.4, 0.5) is 0 Å². The Morgan fingerprint density at radius 1 is 0.292 bits per heavy atom. The molecule has 6 heterocycles. The zero-order valence-corrected chi connectivity index (χ0v) is 53.9. The van der Waals surface area contributed by atoms with E-state index in [0.29, 0.717) is 26.0 Å². The van der Waals surface area contributed by atoms with Gasteiger partial charge in [-0.15, -0.1) is 0 Å². The van der Waals surface area contributed by atoms with Gasteiger partial charge in [0, 0.05) is 196 Å². The first-order chi connectivity index (χ1) is 20.2. The quantitative estimate of drug-likeness (QED) is 0.123. The Bertz CT molecular complexity index is 1560. The Kier molecular flexibility index (Phi) is 42.5. The van der Waals surface area contributed by atoms with Gasteiger partial charge in [0.25, 0.3) is 0 Å². The summed E-state index contributed by atoms with van der Waals surface area (Å²) in [6, 6.07) is 0. The van der Waals surface area contributed by atoms with Gasteiger partial charge in [0.15, 0.2) is 0 Å². The second kappa shape index (κ2) is 34.2. The van der Waals surface area contributed by atoms with E-state index in [4.69, 9.17) is 75.8 Å². The molecule has 0 saturated carbocycles. The topological polar surface area (TPSA) is 155 Å². The number of aromatic nitrogens is 12. The summed E-state index contributed by atoms with van der Waals surface area (Å²) in [6.07, 6.45) is 0. The predicted octanol–water partition coefficient (Wildman–Crippen LogP) is 5.99. The van der Waals surface area contributed by atoms with Gasteiger partial charge in [0.05, 0.1) is 26.0 Å². The summed E-state index contributed by atoms with van der Waals surface area (Å²) in [5.74, 6) is 0. The fourth-order valence-corrected chi connectivity index (χ4v) is 15.9. The molecule has 36 heteroatoms. The van der Waals surface area contributed by atoms with Crippen LogP contribution in [0.5, 0.6) is 0 Å². The minimum absolute atomic E-state index is 0. The molecule has 0 saturated heterocycles. The SMILES string of the molecule is [S-]c1nnc(SSSc2nnc([S-])s2)s1.[S-]c1nnc(SSc2nnc([S-])s2)s1.[S-]c1nnc(Sc2nnc([S-])s2)s1.[Y].[Y].[Y].[Y].[Y].[Y]. The third-order valence-corrected chi connectivity index (χ3v) is 17.6. The summed E-state index contributed by atoms with van der Waals surface area (Å²) in [5.41, 5.74) is 0. The molecule has 6 aromatic rings. The minimum atomic E-state index is 0. The van der Waals surface area contributed by atoms with Crippen molar-refractivity contribution in [3.8, 4) is 0 Å². The molecule has 0 spiro atoms. The largest absolute Gasteiger partial charge is 0.406 e. The molecule has 0 aliphatic carbocycles. The number of hydrogen-bond acceptors (Lipinski definition) is 30. The van der Waals surface area contributed by atoms with Gasteiger partial charge in [-0.25, -0.2) is 0 Å². The van der Waals surface area contributed by atoms with Crippen LogP contribution in [-0.2, 0) is 272 Å². The van der Waals surface area contributed by atoms with E-state index in [2.05, 4.69) is 61.2 Å². The Morgan fingerprint density at radius 2 is 0.500 bits per heavy atom. The number of rotatable bonds is 9. The summed E-state index contributed by atoms with van der Waals surface area (Å²) < 4.78 is 8.18. The van der Waals surface area contributed by atoms with Gasteiger partial charge < -0.3 is 144 Å². The van der Waals surface area contributed by atoms with E-state index >= 15 is 0 Å². The Labute approximate surface area is 505 Å². The second-order valence-electron chi connectivity index (χ2n) is 5.51. The van der Waals surface area contributed by atoms with Crippen molar-refractivity contribution in [2.24, 2.45) is 0 Å². The van der Waals surface area contributed by atoms with Crippen molar-refractivity contribution in [3.63, 3.8) is 0 Å². The van der Waals surface area contributed by atoms with Crippen molar-refractivity contribution in [2.45, 2.75) is 52.1 Å². The van der Waals surface area contributed by atoms with E-state index in [1.165, 1.54) is 123 Å². The van der Waals surface area contributed by atoms with Gasteiger partial charge in [0.2, 0.25) is 0 Å². The first-order valence-electron chi connectivity index (χ1n) is 9.28. The second-order valence-corrected chi connectivity index (χ2v) is 23.8. The standard InChI is InChI=1S/C4H2N4S7.C4H2N4S6.C4H2N4S5.6Y/c9-1-5-7-3(11-1)13-15-14-4-8-6-2(10)12-4;9-1-5-7-3(11-1)13-14-4-8-6-2(10)12-4;9-1-5-7-3(11-1)13-4-8-6-2(10)12-4;;;;;;/h(H,5,9)(H,6,10);(H,5,9)(H,6,10);(H,5,9)(H,6,10);;;;;;/p-6. The fraction of sp³-hybridized carbons (Fsp3) is 0. The van der Waals surface area contributed by atoms with Crippen LogP contribution in [0.2, 0.25) is 0 Å². The maximum Gasteiger partial charge on any atom is 0.0921 e. The van der Waals surface area contributed by atoms with Crippen LogP contribution < -0.4 is 0 Å². The van der Waals surface area contributed by atoms with Crippen LogP contribution >= 0.6 is 133 Å². The van der Waals surface area contributed by atoms with Crippen molar-refractivity contribution in [2.75, 3.05) is 0 Å². The van der Waals surface area contributed by atoms with Crippen LogP contribution in [0.25, 0.3) is 0 Å². The van der Waals surface area contributed by atoms with Crippen molar-refractivity contribution < 1.29 is 196 Å². The monoisotopic (exact) mass is 1420 g/mol. The van der Waals surface area contributed by atoms with Crippen molar-refractivity contribution in [1.82, 2.24) is 61.2 Å². The molecule has 48 heavy (non-hydrogen) atoms. The zero-order chi connectivity index (χ0) is 29.9. The minimum Gasteiger partial charge on any atom is -0.406 e. The number of hydrogen-bond donors (Lipinski definition) is 0. The molecule has 0 N–H and O–H groups in total. The van der Waals surface area contributed by atoms with Crippen molar-refractivity contribution >= 4 is 209 Å². The molecule has 12 nitrogen and oxygen atoms in total. The summed E-state index contributed by atoms with van der Waals surface area (Å²) in [6.45, 7) is 0. The molecule has 0 aliphatic rings. The van der Waals surface area contributed by atoms with Gasteiger partial charge in [-0.1, -0.05) is 11.8 Å². The van der Waals surface area contributed by atoms with Gasteiger partial charge >= 0.3 is 0 Å². The molecule has 0 amide bonds. The predicted molar refractivity (Wildman–Crippen MR) is 188 cm³/mol. The van der Waals surface area contributed by atoms with Gasteiger partial charge in [0.1, 0.15) is 0 Å². The van der Waals surface area contributed by atoms with Crippen LogP contribution in [0.3, 0.4) is 0 Å². The molecular formula is C12N12S18Y6-6. The van der Waals surface area contributed by atoms with E-state index in [1.54, 1.807) is 9.83 Å². The average molecular weight is 1420 g/mol. The molecule has 0 aromatic carbocycles. The van der Waals surface area contributed by atoms with Crippen LogP contribution in [0, 0.1) is 0 Å². The van der Waals surface area contributed by atoms with E-state index in [9.17, 15) is 0 Å². The van der Waals surface area contributed by atoms with Gasteiger partial charge in [-0.2, -0.15) is 61.2 Å². The van der Waals surface area contributed by atoms with Gasteiger partial charge in [-0.3, -0.25) is 0 Å². The Morgan fingerprint density at radius 3 is 0.708 bits per heavy atom. The van der Waals surface area contributed by atoms with Crippen LogP contribution in [0.1, 0.15) is 0 Å². The van der Waals surface area contributed by atoms with Crippen molar-refractivity contribution in [1.29, 1.82) is 0 Å².